The van der Waals surface area contributed by atoms with Gasteiger partial charge in [0.05, 0.1) is 17.5 Å². The molecule has 0 saturated carbocycles. The molecule has 0 saturated heterocycles. The molecule has 0 fully saturated rings. The number of hydrogen-bond acceptors (Lipinski definition) is 3. The van der Waals surface area contributed by atoms with Crippen molar-refractivity contribution >= 4 is 23.0 Å². The summed E-state index contributed by atoms with van der Waals surface area (Å²) >= 11 is 6.03. The van der Waals surface area contributed by atoms with Crippen LogP contribution in [0.15, 0.2) is 12.1 Å². The summed E-state index contributed by atoms with van der Waals surface area (Å²) in [6, 6.07) is 3.55. The maximum absolute atomic E-state index is 9.80. The van der Waals surface area contributed by atoms with Gasteiger partial charge in [0.15, 0.2) is 0 Å². The van der Waals surface area contributed by atoms with Crippen LogP contribution in [0.25, 0.3) is 0 Å². The van der Waals surface area contributed by atoms with E-state index in [-0.39, 0.29) is 6.10 Å². The second-order valence-corrected chi connectivity index (χ2v) is 5.21. The Bertz CT molecular complexity index is 380. The second kappa shape index (κ2) is 6.12. The summed E-state index contributed by atoms with van der Waals surface area (Å²) < 4.78 is 0. The summed E-state index contributed by atoms with van der Waals surface area (Å²) in [5.74, 6) is 0.476. The second-order valence-electron chi connectivity index (χ2n) is 4.80. The predicted octanol–water partition coefficient (Wildman–Crippen LogP) is 3.05. The molecule has 0 aliphatic rings. The van der Waals surface area contributed by atoms with E-state index in [1.54, 1.807) is 12.1 Å². The number of nitrogens with one attached hydrogen (secondary N) is 1. The van der Waals surface area contributed by atoms with Gasteiger partial charge in [-0.2, -0.15) is 0 Å². The molecule has 0 spiro atoms. The van der Waals surface area contributed by atoms with Gasteiger partial charge in [0.25, 0.3) is 0 Å². The average Bonchev–Trinajstić information content (AvgIpc) is 2.23. The van der Waals surface area contributed by atoms with Crippen molar-refractivity contribution in [3.05, 3.63) is 22.7 Å². The standard InChI is InChI=1S/C13H21ClN2O/c1-8(2)6-10(17)7-16-13-9(3)11(14)4-5-12(13)15/h4-5,8,10,16-17H,6-7,15H2,1-3H3. The van der Waals surface area contributed by atoms with Crippen LogP contribution in [0.5, 0.6) is 0 Å². The van der Waals surface area contributed by atoms with Crippen LogP contribution in [-0.4, -0.2) is 17.8 Å². The molecule has 96 valence electrons. The zero-order valence-electron chi connectivity index (χ0n) is 10.6. The van der Waals surface area contributed by atoms with Crippen LogP contribution in [0.1, 0.15) is 25.8 Å². The van der Waals surface area contributed by atoms with Crippen molar-refractivity contribution < 1.29 is 5.11 Å². The zero-order valence-corrected chi connectivity index (χ0v) is 11.4. The Hall–Kier alpha value is -0.930. The molecule has 3 nitrogen and oxygen atoms in total. The molecular formula is C13H21ClN2O. The van der Waals surface area contributed by atoms with Crippen molar-refractivity contribution in [2.45, 2.75) is 33.3 Å². The molecule has 1 unspecified atom stereocenters. The largest absolute Gasteiger partial charge is 0.397 e. The molecule has 0 bridgehead atoms. The van der Waals surface area contributed by atoms with E-state index in [0.717, 1.165) is 17.7 Å². The first-order chi connectivity index (χ1) is 7.91. The first-order valence-corrected chi connectivity index (χ1v) is 6.26. The Balaban J connectivity index is 2.66. The van der Waals surface area contributed by atoms with Crippen LogP contribution >= 0.6 is 11.6 Å². The lowest BCUT2D eigenvalue weighted by molar-refractivity contribution is 0.161. The lowest BCUT2D eigenvalue weighted by Gasteiger charge is -2.17. The van der Waals surface area contributed by atoms with Crippen LogP contribution in [-0.2, 0) is 0 Å². The van der Waals surface area contributed by atoms with E-state index in [1.807, 2.05) is 6.92 Å². The molecule has 1 aromatic carbocycles. The molecule has 0 amide bonds. The topological polar surface area (TPSA) is 58.3 Å². The number of hydrogen-bond donors (Lipinski definition) is 3. The first kappa shape index (κ1) is 14.1. The molecule has 1 aromatic rings. The van der Waals surface area contributed by atoms with Gasteiger partial charge in [-0.15, -0.1) is 0 Å². The van der Waals surface area contributed by atoms with Crippen molar-refractivity contribution in [1.29, 1.82) is 0 Å². The van der Waals surface area contributed by atoms with Crippen LogP contribution in [0, 0.1) is 12.8 Å². The fourth-order valence-electron chi connectivity index (χ4n) is 1.79. The average molecular weight is 257 g/mol. The number of rotatable bonds is 5. The Labute approximate surface area is 108 Å². The molecule has 4 heteroatoms. The highest BCUT2D eigenvalue weighted by molar-refractivity contribution is 6.31. The number of nitrogen functional groups attached to an aromatic ring is 1. The summed E-state index contributed by atoms with van der Waals surface area (Å²) in [5.41, 5.74) is 8.27. The summed E-state index contributed by atoms with van der Waals surface area (Å²) in [6.07, 6.45) is 0.403. The highest BCUT2D eigenvalue weighted by Crippen LogP contribution is 2.29. The smallest absolute Gasteiger partial charge is 0.0715 e. The normalized spacial score (nSPS) is 12.8. The molecule has 17 heavy (non-hydrogen) atoms. The third-order valence-corrected chi connectivity index (χ3v) is 3.10. The molecule has 0 aromatic heterocycles. The van der Waals surface area contributed by atoms with E-state index in [4.69, 9.17) is 17.3 Å². The van der Waals surface area contributed by atoms with Crippen molar-refractivity contribution in [2.75, 3.05) is 17.6 Å². The lowest BCUT2D eigenvalue weighted by Crippen LogP contribution is -2.22. The van der Waals surface area contributed by atoms with E-state index in [9.17, 15) is 5.11 Å². The van der Waals surface area contributed by atoms with Crippen LogP contribution < -0.4 is 11.1 Å². The molecule has 0 aliphatic heterocycles. The molecule has 0 heterocycles. The van der Waals surface area contributed by atoms with Gasteiger partial charge in [0.1, 0.15) is 0 Å². The minimum absolute atomic E-state index is 0.368. The van der Waals surface area contributed by atoms with E-state index in [1.165, 1.54) is 0 Å². The van der Waals surface area contributed by atoms with Gasteiger partial charge in [-0.1, -0.05) is 25.4 Å². The molecule has 4 N–H and O–H groups in total. The highest BCUT2D eigenvalue weighted by Gasteiger charge is 2.10. The number of anilines is 2. The van der Waals surface area contributed by atoms with Gasteiger partial charge < -0.3 is 16.2 Å². The van der Waals surface area contributed by atoms with Crippen LogP contribution in [0.2, 0.25) is 5.02 Å². The van der Waals surface area contributed by atoms with Crippen molar-refractivity contribution in [2.24, 2.45) is 5.92 Å². The highest BCUT2D eigenvalue weighted by atomic mass is 35.5. The van der Waals surface area contributed by atoms with Crippen LogP contribution in [0.3, 0.4) is 0 Å². The molecule has 0 radical (unpaired) electrons. The minimum Gasteiger partial charge on any atom is -0.397 e. The van der Waals surface area contributed by atoms with Crippen molar-refractivity contribution in [1.82, 2.24) is 0 Å². The van der Waals surface area contributed by atoms with Gasteiger partial charge in [0, 0.05) is 11.6 Å². The fraction of sp³-hybridized carbons (Fsp3) is 0.538. The van der Waals surface area contributed by atoms with Gasteiger partial charge >= 0.3 is 0 Å². The molecule has 0 aliphatic carbocycles. The number of benzene rings is 1. The van der Waals surface area contributed by atoms with Crippen molar-refractivity contribution in [3.63, 3.8) is 0 Å². The Morgan fingerprint density at radius 2 is 2.06 bits per heavy atom. The van der Waals surface area contributed by atoms with Gasteiger partial charge in [-0.3, -0.25) is 0 Å². The zero-order chi connectivity index (χ0) is 13.0. The maximum Gasteiger partial charge on any atom is 0.0715 e. The van der Waals surface area contributed by atoms with E-state index < -0.39 is 0 Å². The fourth-order valence-corrected chi connectivity index (χ4v) is 1.95. The molecular weight excluding hydrogens is 236 g/mol. The van der Waals surface area contributed by atoms with E-state index in [2.05, 4.69) is 19.2 Å². The SMILES string of the molecule is Cc1c(Cl)ccc(N)c1NCC(O)CC(C)C. The number of nitrogens with two attached hydrogens (primary N) is 1. The Kier molecular flexibility index (Phi) is 5.09. The summed E-state index contributed by atoms with van der Waals surface area (Å²) in [4.78, 5) is 0. The van der Waals surface area contributed by atoms with Gasteiger partial charge in [-0.25, -0.2) is 0 Å². The minimum atomic E-state index is -0.368. The quantitative estimate of drug-likeness (QED) is 0.710. The third-order valence-electron chi connectivity index (χ3n) is 2.69. The van der Waals surface area contributed by atoms with Crippen molar-refractivity contribution in [3.8, 4) is 0 Å². The van der Waals surface area contributed by atoms with Gasteiger partial charge in [-0.05, 0) is 37.0 Å². The Morgan fingerprint density at radius 3 is 2.65 bits per heavy atom. The Morgan fingerprint density at radius 1 is 1.41 bits per heavy atom. The summed E-state index contributed by atoms with van der Waals surface area (Å²) in [6.45, 7) is 6.57. The van der Waals surface area contributed by atoms with E-state index in [0.29, 0.717) is 23.2 Å². The van der Waals surface area contributed by atoms with Crippen LogP contribution in [0.4, 0.5) is 11.4 Å². The first-order valence-electron chi connectivity index (χ1n) is 5.88. The molecule has 1 rings (SSSR count). The van der Waals surface area contributed by atoms with E-state index >= 15 is 0 Å². The molecule has 1 atom stereocenters. The number of aliphatic hydroxyl groups excluding tert-OH is 1. The number of halogens is 1. The lowest BCUT2D eigenvalue weighted by atomic mass is 10.1. The summed E-state index contributed by atoms with van der Waals surface area (Å²) in [7, 11) is 0. The predicted molar refractivity (Wildman–Crippen MR) is 74.6 cm³/mol. The third kappa shape index (κ3) is 4.10. The maximum atomic E-state index is 9.80. The number of aliphatic hydroxyl groups is 1. The summed E-state index contributed by atoms with van der Waals surface area (Å²) in [5, 5.41) is 13.6. The van der Waals surface area contributed by atoms with Gasteiger partial charge in [0.2, 0.25) is 0 Å². The monoisotopic (exact) mass is 256 g/mol.